The minimum atomic E-state index is -0.957. The van der Waals surface area contributed by atoms with Gasteiger partial charge in [0.2, 0.25) is 11.8 Å². The molecule has 7 heteroatoms. The molecule has 2 aromatic carbocycles. The Morgan fingerprint density at radius 3 is 2.58 bits per heavy atom. The quantitative estimate of drug-likeness (QED) is 0.563. The smallest absolute Gasteiger partial charge is 0.248 e. The van der Waals surface area contributed by atoms with Gasteiger partial charge in [0, 0.05) is 28.4 Å². The van der Waals surface area contributed by atoms with Crippen molar-refractivity contribution < 1.29 is 14.3 Å². The van der Waals surface area contributed by atoms with Crippen molar-refractivity contribution in [2.24, 2.45) is 5.92 Å². The van der Waals surface area contributed by atoms with Crippen molar-refractivity contribution >= 4 is 40.7 Å². The van der Waals surface area contributed by atoms with E-state index in [0.29, 0.717) is 27.9 Å². The Morgan fingerprint density at radius 2 is 1.90 bits per heavy atom. The number of anilines is 1. The number of rotatable bonds is 7. The van der Waals surface area contributed by atoms with Crippen LogP contribution in [-0.2, 0) is 9.59 Å². The third kappa shape index (κ3) is 5.52. The summed E-state index contributed by atoms with van der Waals surface area (Å²) in [7, 11) is 1.55. The van der Waals surface area contributed by atoms with Crippen molar-refractivity contribution in [3.8, 4) is 5.75 Å². The summed E-state index contributed by atoms with van der Waals surface area (Å²) in [6, 6.07) is 13.2. The van der Waals surface area contributed by atoms with Crippen LogP contribution in [0.5, 0.6) is 5.75 Å². The molecule has 0 spiro atoms. The fraction of sp³-hybridized carbons (Fsp3) is 0.417. The molecule has 1 aliphatic carbocycles. The van der Waals surface area contributed by atoms with Crippen molar-refractivity contribution in [2.45, 2.75) is 44.7 Å². The zero-order valence-electron chi connectivity index (χ0n) is 17.8. The molecule has 1 N–H and O–H groups in total. The molecule has 0 unspecified atom stereocenters. The first-order chi connectivity index (χ1) is 15.0. The van der Waals surface area contributed by atoms with Gasteiger partial charge in [-0.1, -0.05) is 55.6 Å². The molecule has 1 saturated carbocycles. The van der Waals surface area contributed by atoms with Crippen LogP contribution in [0.25, 0.3) is 0 Å². The maximum Gasteiger partial charge on any atom is 0.248 e. The molecule has 5 nitrogen and oxygen atoms in total. The second-order valence-electron chi connectivity index (χ2n) is 7.90. The van der Waals surface area contributed by atoms with Crippen LogP contribution in [-0.4, -0.2) is 30.8 Å². The highest BCUT2D eigenvalue weighted by Gasteiger charge is 2.36. The number of alkyl halides is 1. The molecular weight excluding hydrogens is 435 g/mol. The first kappa shape index (κ1) is 23.4. The molecule has 166 valence electrons. The minimum absolute atomic E-state index is 0.0597. The van der Waals surface area contributed by atoms with Crippen LogP contribution in [0.15, 0.2) is 48.5 Å². The Hall–Kier alpha value is -2.24. The van der Waals surface area contributed by atoms with Crippen molar-refractivity contribution in [3.05, 3.63) is 59.1 Å². The van der Waals surface area contributed by atoms with Gasteiger partial charge in [-0.05, 0) is 37.0 Å². The Labute approximate surface area is 193 Å². The van der Waals surface area contributed by atoms with Gasteiger partial charge in [-0.3, -0.25) is 14.5 Å². The van der Waals surface area contributed by atoms with Crippen LogP contribution in [0.4, 0.5) is 5.69 Å². The van der Waals surface area contributed by atoms with Crippen molar-refractivity contribution in [1.82, 2.24) is 5.32 Å². The lowest BCUT2D eigenvalue weighted by molar-refractivity contribution is -0.126. The molecule has 0 aliphatic heterocycles. The van der Waals surface area contributed by atoms with Gasteiger partial charge in [0.05, 0.1) is 7.11 Å². The summed E-state index contributed by atoms with van der Waals surface area (Å²) in [5.74, 6) is 0.00755. The Morgan fingerprint density at radius 1 is 1.16 bits per heavy atom. The molecule has 0 bridgehead atoms. The number of nitrogens with one attached hydrogen (secondary N) is 1. The van der Waals surface area contributed by atoms with E-state index in [9.17, 15) is 9.59 Å². The van der Waals surface area contributed by atoms with E-state index >= 15 is 0 Å². The predicted octanol–water partition coefficient (Wildman–Crippen LogP) is 5.36. The Kier molecular flexibility index (Phi) is 8.22. The van der Waals surface area contributed by atoms with Gasteiger partial charge < -0.3 is 10.1 Å². The maximum atomic E-state index is 13.7. The fourth-order valence-electron chi connectivity index (χ4n) is 4.15. The summed E-state index contributed by atoms with van der Waals surface area (Å²) < 4.78 is 5.33. The molecular formula is C24H28Cl2N2O3. The second kappa shape index (κ2) is 10.9. The van der Waals surface area contributed by atoms with Gasteiger partial charge >= 0.3 is 0 Å². The lowest BCUT2D eigenvalue weighted by Gasteiger charge is -2.35. The van der Waals surface area contributed by atoms with Crippen LogP contribution >= 0.6 is 23.2 Å². The lowest BCUT2D eigenvalue weighted by Crippen LogP contribution is -2.49. The van der Waals surface area contributed by atoms with Gasteiger partial charge in [0.15, 0.2) is 0 Å². The van der Waals surface area contributed by atoms with Crippen LogP contribution in [0.2, 0.25) is 5.02 Å². The molecule has 0 radical (unpaired) electrons. The van der Waals surface area contributed by atoms with Crippen LogP contribution < -0.4 is 15.0 Å². The Balaban J connectivity index is 2.06. The number of hydrogen-bond acceptors (Lipinski definition) is 3. The number of carbonyl (C=O) groups is 2. The zero-order valence-corrected chi connectivity index (χ0v) is 19.3. The molecule has 2 amide bonds. The largest absolute Gasteiger partial charge is 0.497 e. The average molecular weight is 463 g/mol. The van der Waals surface area contributed by atoms with Crippen LogP contribution in [0.3, 0.4) is 0 Å². The number of halogens is 2. The van der Waals surface area contributed by atoms with Gasteiger partial charge in [-0.2, -0.15) is 0 Å². The van der Waals surface area contributed by atoms with E-state index in [2.05, 4.69) is 12.2 Å². The summed E-state index contributed by atoms with van der Waals surface area (Å²) in [4.78, 5) is 28.1. The normalized spacial score (nSPS) is 19.4. The number of carbonyl (C=O) groups excluding carboxylic acids is 2. The monoisotopic (exact) mass is 462 g/mol. The molecule has 1 aliphatic rings. The van der Waals surface area contributed by atoms with E-state index in [1.54, 1.807) is 55.6 Å². The fourth-order valence-corrected chi connectivity index (χ4v) is 4.52. The van der Waals surface area contributed by atoms with Crippen molar-refractivity contribution in [1.29, 1.82) is 0 Å². The molecule has 0 aromatic heterocycles. The number of methoxy groups -OCH3 is 1. The number of hydrogen-bond donors (Lipinski definition) is 1. The van der Waals surface area contributed by atoms with Crippen LogP contribution in [0, 0.1) is 5.92 Å². The third-order valence-electron chi connectivity index (χ3n) is 5.86. The Bertz CT molecular complexity index is 921. The van der Waals surface area contributed by atoms with E-state index in [1.807, 2.05) is 0 Å². The van der Waals surface area contributed by atoms with Crippen molar-refractivity contribution in [2.75, 3.05) is 17.9 Å². The van der Waals surface area contributed by atoms with E-state index in [1.165, 1.54) is 11.3 Å². The molecule has 2 aromatic rings. The van der Waals surface area contributed by atoms with E-state index in [-0.39, 0.29) is 17.8 Å². The van der Waals surface area contributed by atoms with Crippen molar-refractivity contribution in [3.63, 3.8) is 0 Å². The molecule has 0 saturated heterocycles. The highest BCUT2D eigenvalue weighted by molar-refractivity contribution is 6.32. The van der Waals surface area contributed by atoms with E-state index < -0.39 is 11.9 Å². The summed E-state index contributed by atoms with van der Waals surface area (Å²) in [6.07, 6.45) is 4.24. The summed E-state index contributed by atoms with van der Waals surface area (Å²) in [5, 5.41) is 3.60. The average Bonchev–Trinajstić information content (AvgIpc) is 2.79. The first-order valence-corrected chi connectivity index (χ1v) is 11.4. The molecule has 3 rings (SSSR count). The topological polar surface area (TPSA) is 58.6 Å². The standard InChI is InChI=1S/C24H28Cl2N2O3/c1-16-8-3-6-13-21(16)27-24(30)23(19-11-4-5-12-20(19)26)28(22(29)15-25)17-9-7-10-18(14-17)31-2/h4-5,7,9-12,14,16,21,23H,3,6,8,13,15H2,1-2H3,(H,27,30)/t16-,21+,23+/m1/s1. The van der Waals surface area contributed by atoms with Gasteiger partial charge in [-0.15, -0.1) is 11.6 Å². The van der Waals surface area contributed by atoms with Crippen LogP contribution in [0.1, 0.15) is 44.2 Å². The van der Waals surface area contributed by atoms with E-state index in [4.69, 9.17) is 27.9 Å². The molecule has 3 atom stereocenters. The first-order valence-electron chi connectivity index (χ1n) is 10.5. The highest BCUT2D eigenvalue weighted by Crippen LogP contribution is 2.34. The number of amides is 2. The molecule has 31 heavy (non-hydrogen) atoms. The maximum absolute atomic E-state index is 13.7. The third-order valence-corrected chi connectivity index (χ3v) is 6.43. The number of benzene rings is 2. The molecule has 1 fully saturated rings. The van der Waals surface area contributed by atoms with Gasteiger partial charge in [0.1, 0.15) is 17.7 Å². The SMILES string of the molecule is COc1cccc(N(C(=O)CCl)[C@H](C(=O)N[C@H]2CCCC[C@H]2C)c2ccccc2Cl)c1. The van der Waals surface area contributed by atoms with Gasteiger partial charge in [0.25, 0.3) is 0 Å². The number of nitrogens with zero attached hydrogens (tertiary/aromatic N) is 1. The molecule has 0 heterocycles. The minimum Gasteiger partial charge on any atom is -0.497 e. The summed E-state index contributed by atoms with van der Waals surface area (Å²) in [5.41, 5.74) is 1.06. The summed E-state index contributed by atoms with van der Waals surface area (Å²) in [6.45, 7) is 2.15. The number of ether oxygens (including phenoxy) is 1. The van der Waals surface area contributed by atoms with E-state index in [0.717, 1.165) is 19.3 Å². The van der Waals surface area contributed by atoms with Gasteiger partial charge in [-0.25, -0.2) is 0 Å². The zero-order chi connectivity index (χ0) is 22.4. The predicted molar refractivity (Wildman–Crippen MR) is 125 cm³/mol. The highest BCUT2D eigenvalue weighted by atomic mass is 35.5. The summed E-state index contributed by atoms with van der Waals surface area (Å²) >= 11 is 12.5. The lowest BCUT2D eigenvalue weighted by atomic mass is 9.85. The second-order valence-corrected chi connectivity index (χ2v) is 8.57.